The van der Waals surface area contributed by atoms with Gasteiger partial charge in [-0.2, -0.15) is 0 Å². The summed E-state index contributed by atoms with van der Waals surface area (Å²) in [6.07, 6.45) is 1.18. The third kappa shape index (κ3) is 3.86. The summed E-state index contributed by atoms with van der Waals surface area (Å²) in [7, 11) is 0. The molecule has 0 unspecified atom stereocenters. The first kappa shape index (κ1) is 16.1. The smallest absolute Gasteiger partial charge is 0.326 e. The Bertz CT molecular complexity index is 649. The van der Waals surface area contributed by atoms with Gasteiger partial charge in [0.15, 0.2) is 0 Å². The van der Waals surface area contributed by atoms with Crippen molar-refractivity contribution in [3.63, 3.8) is 0 Å². The molecule has 5 nitrogen and oxygen atoms in total. The SMILES string of the molecule is CC(C)(O)C#Cc1cccc(C(=O)N2CCC[C@@H]2C(=O)O)c1. The second kappa shape index (κ2) is 6.20. The lowest BCUT2D eigenvalue weighted by Gasteiger charge is -2.21. The fourth-order valence-corrected chi connectivity index (χ4v) is 2.39. The van der Waals surface area contributed by atoms with Crippen LogP contribution in [0.4, 0.5) is 0 Å². The molecule has 5 heteroatoms. The van der Waals surface area contributed by atoms with E-state index in [1.807, 2.05) is 0 Å². The number of hydrogen-bond donors (Lipinski definition) is 2. The average Bonchev–Trinajstić information content (AvgIpc) is 2.93. The fraction of sp³-hybridized carbons (Fsp3) is 0.412. The van der Waals surface area contributed by atoms with Gasteiger partial charge in [-0.1, -0.05) is 17.9 Å². The molecule has 1 aliphatic heterocycles. The van der Waals surface area contributed by atoms with Crippen molar-refractivity contribution in [1.82, 2.24) is 4.90 Å². The van der Waals surface area contributed by atoms with E-state index in [1.165, 1.54) is 4.90 Å². The van der Waals surface area contributed by atoms with Crippen molar-refractivity contribution in [2.75, 3.05) is 6.54 Å². The number of likely N-dealkylation sites (tertiary alicyclic amines) is 1. The van der Waals surface area contributed by atoms with Crippen LogP contribution >= 0.6 is 0 Å². The van der Waals surface area contributed by atoms with Gasteiger partial charge in [-0.05, 0) is 44.9 Å². The molecular formula is C17H19NO4. The zero-order valence-corrected chi connectivity index (χ0v) is 12.7. The predicted octanol–water partition coefficient (Wildman–Crippen LogP) is 1.50. The Morgan fingerprint density at radius 2 is 2.09 bits per heavy atom. The third-order valence-electron chi connectivity index (χ3n) is 3.42. The highest BCUT2D eigenvalue weighted by molar-refractivity contribution is 5.97. The quantitative estimate of drug-likeness (QED) is 0.812. The van der Waals surface area contributed by atoms with Crippen molar-refractivity contribution in [1.29, 1.82) is 0 Å². The van der Waals surface area contributed by atoms with Gasteiger partial charge in [-0.3, -0.25) is 4.79 Å². The minimum atomic E-state index is -1.11. The van der Waals surface area contributed by atoms with E-state index >= 15 is 0 Å². The van der Waals surface area contributed by atoms with E-state index in [2.05, 4.69) is 11.8 Å². The lowest BCUT2D eigenvalue weighted by Crippen LogP contribution is -2.40. The van der Waals surface area contributed by atoms with E-state index in [1.54, 1.807) is 38.1 Å². The van der Waals surface area contributed by atoms with Gasteiger partial charge in [0.05, 0.1) is 0 Å². The summed E-state index contributed by atoms with van der Waals surface area (Å²) in [6, 6.07) is 5.97. The number of hydrogen-bond acceptors (Lipinski definition) is 3. The highest BCUT2D eigenvalue weighted by atomic mass is 16.4. The molecule has 1 aliphatic rings. The van der Waals surface area contributed by atoms with Gasteiger partial charge in [-0.25, -0.2) is 4.79 Å². The Kier molecular flexibility index (Phi) is 4.53. The van der Waals surface area contributed by atoms with Gasteiger partial charge >= 0.3 is 5.97 Å². The Morgan fingerprint density at radius 1 is 1.36 bits per heavy atom. The molecule has 0 spiro atoms. The first-order chi connectivity index (χ1) is 10.3. The largest absolute Gasteiger partial charge is 0.480 e. The number of carboxylic acid groups (broad SMARTS) is 1. The number of aliphatic hydroxyl groups is 1. The molecule has 2 rings (SSSR count). The lowest BCUT2D eigenvalue weighted by molar-refractivity contribution is -0.141. The number of carbonyl (C=O) groups excluding carboxylic acids is 1. The number of benzene rings is 1. The summed E-state index contributed by atoms with van der Waals surface area (Å²) in [5, 5.41) is 18.8. The van der Waals surface area contributed by atoms with Crippen LogP contribution in [0.1, 0.15) is 42.6 Å². The molecule has 2 N–H and O–H groups in total. The molecule has 1 heterocycles. The Morgan fingerprint density at radius 3 is 2.73 bits per heavy atom. The fourth-order valence-electron chi connectivity index (χ4n) is 2.39. The van der Waals surface area contributed by atoms with Crippen molar-refractivity contribution >= 4 is 11.9 Å². The Labute approximate surface area is 129 Å². The van der Waals surface area contributed by atoms with Crippen molar-refractivity contribution in [3.05, 3.63) is 35.4 Å². The second-order valence-corrected chi connectivity index (χ2v) is 5.88. The third-order valence-corrected chi connectivity index (χ3v) is 3.42. The van der Waals surface area contributed by atoms with Crippen molar-refractivity contribution in [2.24, 2.45) is 0 Å². The van der Waals surface area contributed by atoms with E-state index < -0.39 is 17.6 Å². The predicted molar refractivity (Wildman–Crippen MR) is 81.3 cm³/mol. The van der Waals surface area contributed by atoms with Crippen LogP contribution in [-0.4, -0.2) is 45.2 Å². The first-order valence-electron chi connectivity index (χ1n) is 7.17. The molecular weight excluding hydrogens is 282 g/mol. The highest BCUT2D eigenvalue weighted by Gasteiger charge is 2.34. The zero-order chi connectivity index (χ0) is 16.3. The minimum absolute atomic E-state index is 0.295. The second-order valence-electron chi connectivity index (χ2n) is 5.88. The molecule has 1 atom stereocenters. The summed E-state index contributed by atoms with van der Waals surface area (Å²) < 4.78 is 0. The number of carboxylic acids is 1. The normalized spacial score (nSPS) is 17.8. The topological polar surface area (TPSA) is 77.8 Å². The molecule has 0 aromatic heterocycles. The monoisotopic (exact) mass is 301 g/mol. The molecule has 1 amide bonds. The minimum Gasteiger partial charge on any atom is -0.480 e. The summed E-state index contributed by atoms with van der Waals surface area (Å²) in [5.74, 6) is 4.24. The summed E-state index contributed by atoms with van der Waals surface area (Å²) >= 11 is 0. The molecule has 0 radical (unpaired) electrons. The standard InChI is InChI=1S/C17H19NO4/c1-17(2,22)9-8-12-5-3-6-13(11-12)15(19)18-10-4-7-14(18)16(20)21/h3,5-6,11,14,22H,4,7,10H2,1-2H3,(H,20,21)/t14-/m1/s1. The van der Waals surface area contributed by atoms with Crippen molar-refractivity contribution < 1.29 is 19.8 Å². The molecule has 0 aliphatic carbocycles. The van der Waals surface area contributed by atoms with Gasteiger partial charge < -0.3 is 15.1 Å². The molecule has 1 aromatic carbocycles. The lowest BCUT2D eigenvalue weighted by atomic mass is 10.1. The number of aliphatic carboxylic acids is 1. The maximum absolute atomic E-state index is 12.5. The molecule has 1 fully saturated rings. The maximum atomic E-state index is 12.5. The van der Waals surface area contributed by atoms with Gasteiger partial charge in [0.25, 0.3) is 5.91 Å². The Balaban J connectivity index is 2.23. The van der Waals surface area contributed by atoms with E-state index in [4.69, 9.17) is 5.11 Å². The van der Waals surface area contributed by atoms with Gasteiger partial charge in [-0.15, -0.1) is 0 Å². The van der Waals surface area contributed by atoms with Crippen LogP contribution in [-0.2, 0) is 4.79 Å². The average molecular weight is 301 g/mol. The van der Waals surface area contributed by atoms with E-state index in [0.717, 1.165) is 0 Å². The van der Waals surface area contributed by atoms with Gasteiger partial charge in [0.1, 0.15) is 11.6 Å². The van der Waals surface area contributed by atoms with E-state index in [9.17, 15) is 14.7 Å². The summed E-state index contributed by atoms with van der Waals surface area (Å²) in [5.41, 5.74) is -0.0849. The van der Waals surface area contributed by atoms with Crippen LogP contribution in [0.2, 0.25) is 0 Å². The van der Waals surface area contributed by atoms with Crippen molar-refractivity contribution in [3.8, 4) is 11.8 Å². The van der Waals surface area contributed by atoms with E-state index in [0.29, 0.717) is 30.5 Å². The zero-order valence-electron chi connectivity index (χ0n) is 12.7. The first-order valence-corrected chi connectivity index (χ1v) is 7.17. The van der Waals surface area contributed by atoms with Crippen LogP contribution in [0, 0.1) is 11.8 Å². The van der Waals surface area contributed by atoms with E-state index in [-0.39, 0.29) is 5.91 Å². The number of amides is 1. The molecule has 1 aromatic rings. The number of rotatable bonds is 2. The van der Waals surface area contributed by atoms with Crippen LogP contribution in [0.25, 0.3) is 0 Å². The molecule has 116 valence electrons. The van der Waals surface area contributed by atoms with Gasteiger partial charge in [0.2, 0.25) is 0 Å². The molecule has 22 heavy (non-hydrogen) atoms. The molecule has 1 saturated heterocycles. The molecule has 0 saturated carbocycles. The van der Waals surface area contributed by atoms with Crippen LogP contribution < -0.4 is 0 Å². The van der Waals surface area contributed by atoms with Gasteiger partial charge in [0, 0.05) is 17.7 Å². The highest BCUT2D eigenvalue weighted by Crippen LogP contribution is 2.20. The molecule has 0 bridgehead atoms. The number of nitrogens with zero attached hydrogens (tertiary/aromatic N) is 1. The van der Waals surface area contributed by atoms with Crippen LogP contribution in [0.15, 0.2) is 24.3 Å². The number of carbonyl (C=O) groups is 2. The van der Waals surface area contributed by atoms with Crippen LogP contribution in [0.3, 0.4) is 0 Å². The van der Waals surface area contributed by atoms with Crippen LogP contribution in [0.5, 0.6) is 0 Å². The maximum Gasteiger partial charge on any atom is 0.326 e. The Hall–Kier alpha value is -2.32. The van der Waals surface area contributed by atoms with Crippen molar-refractivity contribution in [2.45, 2.75) is 38.3 Å². The summed E-state index contributed by atoms with van der Waals surface area (Å²) in [4.78, 5) is 25.1. The summed E-state index contributed by atoms with van der Waals surface area (Å²) in [6.45, 7) is 3.61.